The van der Waals surface area contributed by atoms with Gasteiger partial charge in [-0.25, -0.2) is 0 Å². The van der Waals surface area contributed by atoms with Crippen molar-refractivity contribution in [1.29, 1.82) is 0 Å². The van der Waals surface area contributed by atoms with Crippen LogP contribution in [0, 0.1) is 11.8 Å². The van der Waals surface area contributed by atoms with Crippen molar-refractivity contribution in [3.63, 3.8) is 0 Å². The molecule has 11 heavy (non-hydrogen) atoms. The lowest BCUT2D eigenvalue weighted by atomic mass is 9.98. The van der Waals surface area contributed by atoms with Crippen LogP contribution in [0.15, 0.2) is 0 Å². The zero-order valence-corrected chi connectivity index (χ0v) is 7.64. The van der Waals surface area contributed by atoms with Crippen molar-refractivity contribution in [1.82, 2.24) is 5.32 Å². The van der Waals surface area contributed by atoms with Gasteiger partial charge in [0, 0.05) is 12.6 Å². The molecule has 66 valence electrons. The molecule has 3 atom stereocenters. The molecule has 0 aromatic carbocycles. The van der Waals surface area contributed by atoms with E-state index in [1.54, 1.807) is 0 Å². The van der Waals surface area contributed by atoms with E-state index in [4.69, 9.17) is 5.73 Å². The zero-order valence-electron chi connectivity index (χ0n) is 7.64. The average molecular weight is 156 g/mol. The van der Waals surface area contributed by atoms with Gasteiger partial charge in [0.25, 0.3) is 0 Å². The molecular formula is C9H20N2. The van der Waals surface area contributed by atoms with E-state index in [1.165, 1.54) is 19.3 Å². The lowest BCUT2D eigenvalue weighted by Crippen LogP contribution is -2.37. The highest BCUT2D eigenvalue weighted by atomic mass is 14.9. The molecule has 1 aliphatic carbocycles. The third kappa shape index (κ3) is 2.46. The summed E-state index contributed by atoms with van der Waals surface area (Å²) in [5.41, 5.74) is 5.99. The van der Waals surface area contributed by atoms with Crippen LogP contribution >= 0.6 is 0 Å². The van der Waals surface area contributed by atoms with Crippen molar-refractivity contribution < 1.29 is 0 Å². The second-order valence-corrected chi connectivity index (χ2v) is 3.90. The Labute approximate surface area is 69.5 Å². The molecule has 0 saturated heterocycles. The average Bonchev–Trinajstić information content (AvgIpc) is 2.36. The summed E-state index contributed by atoms with van der Waals surface area (Å²) in [4.78, 5) is 0. The fourth-order valence-corrected chi connectivity index (χ4v) is 2.04. The maximum atomic E-state index is 5.99. The van der Waals surface area contributed by atoms with Crippen molar-refractivity contribution >= 4 is 0 Å². The molecule has 1 fully saturated rings. The lowest BCUT2D eigenvalue weighted by Gasteiger charge is -2.18. The van der Waals surface area contributed by atoms with Crippen molar-refractivity contribution in [2.24, 2.45) is 17.6 Å². The van der Waals surface area contributed by atoms with Gasteiger partial charge < -0.3 is 11.1 Å². The standard InChI is InChI=1S/C9H20N2/c1-7-3-4-8(5-7)9(10)6-11-2/h7-9,11H,3-6,10H2,1-2H3. The minimum atomic E-state index is 0.380. The maximum absolute atomic E-state index is 5.99. The van der Waals surface area contributed by atoms with E-state index < -0.39 is 0 Å². The van der Waals surface area contributed by atoms with E-state index in [1.807, 2.05) is 7.05 Å². The molecule has 0 amide bonds. The number of likely N-dealkylation sites (N-methyl/N-ethyl adjacent to an activating group) is 1. The topological polar surface area (TPSA) is 38.0 Å². The first kappa shape index (κ1) is 9.01. The second-order valence-electron chi connectivity index (χ2n) is 3.90. The first-order valence-electron chi connectivity index (χ1n) is 4.64. The molecule has 0 bridgehead atoms. The van der Waals surface area contributed by atoms with Crippen LogP contribution in [-0.4, -0.2) is 19.6 Å². The van der Waals surface area contributed by atoms with E-state index in [2.05, 4.69) is 12.2 Å². The minimum Gasteiger partial charge on any atom is -0.326 e. The highest BCUT2D eigenvalue weighted by molar-refractivity contribution is 4.81. The molecule has 3 N–H and O–H groups in total. The molecule has 1 aliphatic rings. The number of nitrogens with two attached hydrogens (primary N) is 1. The van der Waals surface area contributed by atoms with E-state index in [0.717, 1.165) is 18.4 Å². The summed E-state index contributed by atoms with van der Waals surface area (Å²) in [6, 6.07) is 0.380. The molecule has 0 heterocycles. The summed E-state index contributed by atoms with van der Waals surface area (Å²) >= 11 is 0. The van der Waals surface area contributed by atoms with E-state index >= 15 is 0 Å². The van der Waals surface area contributed by atoms with E-state index in [0.29, 0.717) is 6.04 Å². The van der Waals surface area contributed by atoms with Gasteiger partial charge in [0.2, 0.25) is 0 Å². The Bertz CT molecular complexity index is 114. The smallest absolute Gasteiger partial charge is 0.0193 e. The van der Waals surface area contributed by atoms with Crippen molar-refractivity contribution in [2.45, 2.75) is 32.2 Å². The van der Waals surface area contributed by atoms with Gasteiger partial charge in [0.1, 0.15) is 0 Å². The van der Waals surface area contributed by atoms with Gasteiger partial charge in [0.05, 0.1) is 0 Å². The molecule has 1 rings (SSSR count). The molecular weight excluding hydrogens is 136 g/mol. The van der Waals surface area contributed by atoms with Crippen LogP contribution in [0.5, 0.6) is 0 Å². The molecule has 1 saturated carbocycles. The van der Waals surface area contributed by atoms with Crippen LogP contribution in [0.3, 0.4) is 0 Å². The molecule has 0 radical (unpaired) electrons. The van der Waals surface area contributed by atoms with Gasteiger partial charge in [-0.15, -0.1) is 0 Å². The molecule has 3 unspecified atom stereocenters. The fourth-order valence-electron chi connectivity index (χ4n) is 2.04. The van der Waals surface area contributed by atoms with E-state index in [-0.39, 0.29) is 0 Å². The molecule has 0 aromatic heterocycles. The summed E-state index contributed by atoms with van der Waals surface area (Å²) in [6.45, 7) is 3.30. The minimum absolute atomic E-state index is 0.380. The Morgan fingerprint density at radius 3 is 2.73 bits per heavy atom. The predicted molar refractivity (Wildman–Crippen MR) is 48.4 cm³/mol. The number of hydrogen-bond acceptors (Lipinski definition) is 2. The summed E-state index contributed by atoms with van der Waals surface area (Å²) in [7, 11) is 1.97. The quantitative estimate of drug-likeness (QED) is 0.639. The predicted octanol–water partition coefficient (Wildman–Crippen LogP) is 0.969. The Hall–Kier alpha value is -0.0800. The van der Waals surface area contributed by atoms with Gasteiger partial charge in [-0.1, -0.05) is 13.3 Å². The highest BCUT2D eigenvalue weighted by Crippen LogP contribution is 2.31. The van der Waals surface area contributed by atoms with Crippen LogP contribution in [0.2, 0.25) is 0 Å². The van der Waals surface area contributed by atoms with Crippen molar-refractivity contribution in [3.05, 3.63) is 0 Å². The van der Waals surface area contributed by atoms with Crippen LogP contribution in [-0.2, 0) is 0 Å². The monoisotopic (exact) mass is 156 g/mol. The Morgan fingerprint density at radius 2 is 2.27 bits per heavy atom. The lowest BCUT2D eigenvalue weighted by molar-refractivity contribution is 0.407. The van der Waals surface area contributed by atoms with Gasteiger partial charge >= 0.3 is 0 Å². The summed E-state index contributed by atoms with van der Waals surface area (Å²) in [5.74, 6) is 1.68. The summed E-state index contributed by atoms with van der Waals surface area (Å²) in [6.07, 6.45) is 4.05. The Balaban J connectivity index is 2.25. The number of rotatable bonds is 3. The first-order valence-corrected chi connectivity index (χ1v) is 4.64. The van der Waals surface area contributed by atoms with Crippen LogP contribution in [0.4, 0.5) is 0 Å². The first-order chi connectivity index (χ1) is 5.24. The van der Waals surface area contributed by atoms with E-state index in [9.17, 15) is 0 Å². The second kappa shape index (κ2) is 4.07. The normalized spacial score (nSPS) is 34.1. The Morgan fingerprint density at radius 1 is 1.55 bits per heavy atom. The Kier molecular flexibility index (Phi) is 3.34. The SMILES string of the molecule is CNCC(N)C1CCC(C)C1. The van der Waals surface area contributed by atoms with Gasteiger partial charge in [0.15, 0.2) is 0 Å². The zero-order chi connectivity index (χ0) is 8.27. The van der Waals surface area contributed by atoms with Crippen molar-refractivity contribution in [3.8, 4) is 0 Å². The van der Waals surface area contributed by atoms with Crippen molar-refractivity contribution in [2.75, 3.05) is 13.6 Å². The van der Waals surface area contributed by atoms with Gasteiger partial charge in [-0.3, -0.25) is 0 Å². The van der Waals surface area contributed by atoms with Crippen LogP contribution in [0.25, 0.3) is 0 Å². The molecule has 2 heteroatoms. The maximum Gasteiger partial charge on any atom is 0.0193 e. The molecule has 0 spiro atoms. The van der Waals surface area contributed by atoms with Gasteiger partial charge in [-0.05, 0) is 31.7 Å². The third-order valence-electron chi connectivity index (χ3n) is 2.78. The van der Waals surface area contributed by atoms with Crippen LogP contribution in [0.1, 0.15) is 26.2 Å². The molecule has 0 aromatic rings. The largest absolute Gasteiger partial charge is 0.326 e. The molecule has 2 nitrogen and oxygen atoms in total. The summed E-state index contributed by atoms with van der Waals surface area (Å²) < 4.78 is 0. The molecule has 0 aliphatic heterocycles. The highest BCUT2D eigenvalue weighted by Gasteiger charge is 2.25. The fraction of sp³-hybridized carbons (Fsp3) is 1.00. The number of nitrogens with one attached hydrogen (secondary N) is 1. The third-order valence-corrected chi connectivity index (χ3v) is 2.78. The van der Waals surface area contributed by atoms with Crippen LogP contribution < -0.4 is 11.1 Å². The van der Waals surface area contributed by atoms with Gasteiger partial charge in [-0.2, -0.15) is 0 Å². The number of hydrogen-bond donors (Lipinski definition) is 2. The summed E-state index contributed by atoms with van der Waals surface area (Å²) in [5, 5.41) is 3.13.